The number of benzene rings is 1. The summed E-state index contributed by atoms with van der Waals surface area (Å²) < 4.78 is 26.2. The smallest absolute Gasteiger partial charge is 0.126 e. The van der Waals surface area contributed by atoms with E-state index < -0.39 is 11.6 Å². The maximum atomic E-state index is 13.1. The molecule has 86 valence electrons. The van der Waals surface area contributed by atoms with Crippen molar-refractivity contribution in [2.75, 3.05) is 6.61 Å². The third kappa shape index (κ3) is 2.14. The molecule has 3 heteroatoms. The number of allylic oxidation sites excluding steroid dienone is 1. The molecule has 0 aliphatic heterocycles. The van der Waals surface area contributed by atoms with Gasteiger partial charge in [0.15, 0.2) is 0 Å². The number of hydrogen-bond acceptors (Lipinski definition) is 1. The Bertz CT molecular complexity index is 394. The molecule has 0 saturated heterocycles. The first kappa shape index (κ1) is 11.3. The quantitative estimate of drug-likeness (QED) is 0.765. The van der Waals surface area contributed by atoms with Crippen LogP contribution in [0.3, 0.4) is 0 Å². The van der Waals surface area contributed by atoms with Crippen molar-refractivity contribution in [1.82, 2.24) is 0 Å². The fraction of sp³-hybridized carbons (Fsp3) is 0.385. The van der Waals surface area contributed by atoms with Crippen molar-refractivity contribution in [3.05, 3.63) is 47.5 Å². The van der Waals surface area contributed by atoms with Crippen LogP contribution in [-0.2, 0) is 0 Å². The fourth-order valence-corrected chi connectivity index (χ4v) is 2.45. The van der Waals surface area contributed by atoms with Gasteiger partial charge in [-0.1, -0.05) is 12.2 Å². The Balaban J connectivity index is 2.32. The first-order valence-electron chi connectivity index (χ1n) is 5.33. The van der Waals surface area contributed by atoms with E-state index in [1.165, 1.54) is 12.1 Å². The predicted molar refractivity (Wildman–Crippen MR) is 58.0 cm³/mol. The lowest BCUT2D eigenvalue weighted by Gasteiger charge is -2.17. The van der Waals surface area contributed by atoms with Crippen molar-refractivity contribution in [1.29, 1.82) is 0 Å². The summed E-state index contributed by atoms with van der Waals surface area (Å²) in [5.74, 6) is -1.11. The summed E-state index contributed by atoms with van der Waals surface area (Å²) in [5.41, 5.74) is 1.66. The second-order valence-corrected chi connectivity index (χ2v) is 4.41. The summed E-state index contributed by atoms with van der Waals surface area (Å²) in [6, 6.07) is 3.55. The van der Waals surface area contributed by atoms with Gasteiger partial charge < -0.3 is 5.11 Å². The van der Waals surface area contributed by atoms with E-state index in [0.717, 1.165) is 18.1 Å². The number of aliphatic hydroxyl groups is 1. The van der Waals surface area contributed by atoms with Gasteiger partial charge in [0.05, 0.1) is 0 Å². The Morgan fingerprint density at radius 3 is 2.38 bits per heavy atom. The van der Waals surface area contributed by atoms with Gasteiger partial charge in [0, 0.05) is 12.7 Å². The molecule has 2 unspecified atom stereocenters. The van der Waals surface area contributed by atoms with Crippen LogP contribution in [0.1, 0.15) is 24.3 Å². The van der Waals surface area contributed by atoms with E-state index in [9.17, 15) is 13.9 Å². The molecule has 0 bridgehead atoms. The molecule has 2 rings (SSSR count). The Kier molecular flexibility index (Phi) is 3.06. The van der Waals surface area contributed by atoms with Crippen LogP contribution in [0.15, 0.2) is 30.4 Å². The zero-order valence-corrected chi connectivity index (χ0v) is 8.92. The summed E-state index contributed by atoms with van der Waals surface area (Å²) in [6.45, 7) is 3.90. The van der Waals surface area contributed by atoms with Crippen LogP contribution in [0.4, 0.5) is 8.78 Å². The van der Waals surface area contributed by atoms with Crippen LogP contribution in [0, 0.1) is 17.6 Å². The first-order chi connectivity index (χ1) is 7.60. The molecule has 1 N–H and O–H groups in total. The van der Waals surface area contributed by atoms with Crippen LogP contribution < -0.4 is 0 Å². The Morgan fingerprint density at radius 1 is 1.19 bits per heavy atom. The van der Waals surface area contributed by atoms with Crippen molar-refractivity contribution < 1.29 is 13.9 Å². The predicted octanol–water partition coefficient (Wildman–Crippen LogP) is 3.01. The van der Waals surface area contributed by atoms with Crippen molar-refractivity contribution in [2.24, 2.45) is 5.92 Å². The Hall–Kier alpha value is -1.22. The lowest BCUT2D eigenvalue weighted by Crippen LogP contribution is -2.10. The summed E-state index contributed by atoms with van der Waals surface area (Å²) >= 11 is 0. The minimum Gasteiger partial charge on any atom is -0.396 e. The molecule has 1 aliphatic rings. The summed E-state index contributed by atoms with van der Waals surface area (Å²) in [5, 5.41) is 9.23. The van der Waals surface area contributed by atoms with Gasteiger partial charge in [0.1, 0.15) is 11.6 Å². The molecule has 1 nitrogen and oxygen atoms in total. The van der Waals surface area contributed by atoms with E-state index in [1.54, 1.807) is 0 Å². The molecule has 1 aromatic carbocycles. The molecule has 0 amide bonds. The summed E-state index contributed by atoms with van der Waals surface area (Å²) in [7, 11) is 0. The molecule has 1 aliphatic carbocycles. The highest BCUT2D eigenvalue weighted by molar-refractivity contribution is 5.27. The zero-order chi connectivity index (χ0) is 11.7. The van der Waals surface area contributed by atoms with Crippen molar-refractivity contribution in [2.45, 2.75) is 18.8 Å². The topological polar surface area (TPSA) is 20.2 Å². The highest BCUT2D eigenvalue weighted by Crippen LogP contribution is 2.42. The van der Waals surface area contributed by atoms with Crippen LogP contribution in [0.25, 0.3) is 0 Å². The molecule has 1 fully saturated rings. The van der Waals surface area contributed by atoms with Crippen molar-refractivity contribution in [3.8, 4) is 0 Å². The first-order valence-corrected chi connectivity index (χ1v) is 5.33. The minimum atomic E-state index is -0.566. The normalized spacial score (nSPS) is 25.1. The number of hydrogen-bond donors (Lipinski definition) is 1. The maximum Gasteiger partial charge on any atom is 0.126 e. The number of rotatable bonds is 2. The van der Waals surface area contributed by atoms with Gasteiger partial charge in [0.2, 0.25) is 0 Å². The average Bonchev–Trinajstić information content (AvgIpc) is 2.58. The van der Waals surface area contributed by atoms with Gasteiger partial charge >= 0.3 is 0 Å². The number of halogens is 2. The lowest BCUT2D eigenvalue weighted by atomic mass is 9.89. The molecule has 2 atom stereocenters. The monoisotopic (exact) mass is 224 g/mol. The standard InChI is InChI=1S/C13H14F2O/c1-8-2-10(7-16)13(3-8)9-4-11(14)6-12(15)5-9/h4-6,10,13,16H,1-3,7H2. The Morgan fingerprint density at radius 2 is 1.81 bits per heavy atom. The lowest BCUT2D eigenvalue weighted by molar-refractivity contribution is 0.218. The molecule has 0 heterocycles. The van der Waals surface area contributed by atoms with E-state index in [0.29, 0.717) is 12.0 Å². The second kappa shape index (κ2) is 4.34. The van der Waals surface area contributed by atoms with Gasteiger partial charge in [-0.2, -0.15) is 0 Å². The largest absolute Gasteiger partial charge is 0.396 e. The third-order valence-electron chi connectivity index (χ3n) is 3.18. The minimum absolute atomic E-state index is 0.0114. The SMILES string of the molecule is C=C1CC(CO)C(c2cc(F)cc(F)c2)C1. The second-order valence-electron chi connectivity index (χ2n) is 4.41. The van der Waals surface area contributed by atoms with Crippen LogP contribution in [0.5, 0.6) is 0 Å². The van der Waals surface area contributed by atoms with Crippen molar-refractivity contribution >= 4 is 0 Å². The van der Waals surface area contributed by atoms with E-state index >= 15 is 0 Å². The van der Waals surface area contributed by atoms with Gasteiger partial charge in [-0.15, -0.1) is 0 Å². The molecule has 0 spiro atoms. The van der Waals surface area contributed by atoms with E-state index in [-0.39, 0.29) is 18.4 Å². The highest BCUT2D eigenvalue weighted by Gasteiger charge is 2.30. The molecule has 0 radical (unpaired) electrons. The van der Waals surface area contributed by atoms with E-state index in [1.807, 2.05) is 0 Å². The van der Waals surface area contributed by atoms with Gasteiger partial charge in [-0.05, 0) is 42.4 Å². The van der Waals surface area contributed by atoms with Gasteiger partial charge in [-0.3, -0.25) is 0 Å². The van der Waals surface area contributed by atoms with Crippen molar-refractivity contribution in [3.63, 3.8) is 0 Å². The zero-order valence-electron chi connectivity index (χ0n) is 8.92. The highest BCUT2D eigenvalue weighted by atomic mass is 19.1. The van der Waals surface area contributed by atoms with Crippen LogP contribution in [0.2, 0.25) is 0 Å². The number of aliphatic hydroxyl groups excluding tert-OH is 1. The fourth-order valence-electron chi connectivity index (χ4n) is 2.45. The molecular formula is C13H14F2O. The molecule has 1 aromatic rings. The van der Waals surface area contributed by atoms with E-state index in [4.69, 9.17) is 0 Å². The maximum absolute atomic E-state index is 13.1. The third-order valence-corrected chi connectivity index (χ3v) is 3.18. The van der Waals surface area contributed by atoms with Gasteiger partial charge in [-0.25, -0.2) is 8.78 Å². The molecular weight excluding hydrogens is 210 g/mol. The van der Waals surface area contributed by atoms with Gasteiger partial charge in [0.25, 0.3) is 0 Å². The van der Waals surface area contributed by atoms with Crippen LogP contribution >= 0.6 is 0 Å². The molecule has 1 saturated carbocycles. The Labute approximate surface area is 93.4 Å². The average molecular weight is 224 g/mol. The summed E-state index contributed by atoms with van der Waals surface area (Å²) in [6.07, 6.45) is 1.44. The van der Waals surface area contributed by atoms with E-state index in [2.05, 4.69) is 6.58 Å². The van der Waals surface area contributed by atoms with Crippen LogP contribution in [-0.4, -0.2) is 11.7 Å². The molecule has 16 heavy (non-hydrogen) atoms. The summed E-state index contributed by atoms with van der Waals surface area (Å²) in [4.78, 5) is 0. The molecule has 0 aromatic heterocycles.